The lowest BCUT2D eigenvalue weighted by atomic mass is 9.91. The van der Waals surface area contributed by atoms with Crippen molar-refractivity contribution >= 4 is 21.6 Å². The lowest BCUT2D eigenvalue weighted by molar-refractivity contribution is 0.356. The molecule has 1 aliphatic rings. The van der Waals surface area contributed by atoms with Crippen molar-refractivity contribution in [1.29, 1.82) is 0 Å². The van der Waals surface area contributed by atoms with Crippen molar-refractivity contribution in [2.45, 2.75) is 25.6 Å². The van der Waals surface area contributed by atoms with Crippen molar-refractivity contribution in [3.05, 3.63) is 29.8 Å². The highest BCUT2D eigenvalue weighted by atomic mass is 79.9. The normalized spacial score (nSPS) is 25.8. The number of anilines is 1. The molecule has 2 heteroatoms. The average molecular weight is 282 g/mol. The highest BCUT2D eigenvalue weighted by Gasteiger charge is 2.22. The summed E-state index contributed by atoms with van der Waals surface area (Å²) in [7, 11) is 0. The number of benzene rings is 1. The molecule has 2 atom stereocenters. The Morgan fingerprint density at radius 1 is 1.19 bits per heavy atom. The maximum Gasteiger partial charge on any atom is 0.0407 e. The number of hydrogen-bond donors (Lipinski definition) is 0. The number of piperidine rings is 1. The van der Waals surface area contributed by atoms with Crippen molar-refractivity contribution in [2.75, 3.05) is 18.0 Å². The van der Waals surface area contributed by atoms with E-state index in [2.05, 4.69) is 58.9 Å². The van der Waals surface area contributed by atoms with Crippen molar-refractivity contribution in [2.24, 2.45) is 11.8 Å². The molecular weight excluding hydrogens is 262 g/mol. The van der Waals surface area contributed by atoms with Gasteiger partial charge in [0.1, 0.15) is 0 Å². The summed E-state index contributed by atoms with van der Waals surface area (Å²) < 4.78 is 0. The molecule has 88 valence electrons. The third kappa shape index (κ3) is 2.60. The van der Waals surface area contributed by atoms with E-state index in [-0.39, 0.29) is 0 Å². The minimum atomic E-state index is 0.812. The first-order valence-electron chi connectivity index (χ1n) is 6.09. The number of halogens is 1. The smallest absolute Gasteiger partial charge is 0.0407 e. The van der Waals surface area contributed by atoms with Crippen LogP contribution in [0.3, 0.4) is 0 Å². The maximum absolute atomic E-state index is 3.58. The molecule has 16 heavy (non-hydrogen) atoms. The van der Waals surface area contributed by atoms with Gasteiger partial charge in [0.15, 0.2) is 0 Å². The fourth-order valence-corrected chi connectivity index (χ4v) is 3.27. The van der Waals surface area contributed by atoms with E-state index >= 15 is 0 Å². The van der Waals surface area contributed by atoms with Crippen LogP contribution in [-0.4, -0.2) is 13.1 Å². The zero-order chi connectivity index (χ0) is 11.5. The summed E-state index contributed by atoms with van der Waals surface area (Å²) in [5.41, 5.74) is 2.82. The fraction of sp³-hybridized carbons (Fsp3) is 0.571. The van der Waals surface area contributed by atoms with Gasteiger partial charge in [-0.1, -0.05) is 48.0 Å². The maximum atomic E-state index is 3.58. The summed E-state index contributed by atoms with van der Waals surface area (Å²) in [6.07, 6.45) is 1.37. The first-order valence-corrected chi connectivity index (χ1v) is 7.21. The lowest BCUT2D eigenvalue weighted by Crippen LogP contribution is -2.39. The molecule has 0 aliphatic carbocycles. The zero-order valence-corrected chi connectivity index (χ0v) is 11.7. The van der Waals surface area contributed by atoms with Gasteiger partial charge in [0.25, 0.3) is 0 Å². The second-order valence-corrected chi connectivity index (χ2v) is 5.67. The summed E-state index contributed by atoms with van der Waals surface area (Å²) in [4.78, 5) is 2.55. The Morgan fingerprint density at radius 2 is 1.81 bits per heavy atom. The van der Waals surface area contributed by atoms with Gasteiger partial charge in [-0.25, -0.2) is 0 Å². The molecule has 2 unspecified atom stereocenters. The number of para-hydroxylation sites is 1. The van der Waals surface area contributed by atoms with Crippen LogP contribution in [0.4, 0.5) is 5.69 Å². The van der Waals surface area contributed by atoms with Crippen LogP contribution in [0.1, 0.15) is 25.8 Å². The molecule has 0 spiro atoms. The molecule has 1 nitrogen and oxygen atoms in total. The first kappa shape index (κ1) is 12.0. The Hall–Kier alpha value is -0.500. The predicted molar refractivity (Wildman–Crippen MR) is 74.2 cm³/mol. The third-order valence-electron chi connectivity index (χ3n) is 3.35. The van der Waals surface area contributed by atoms with Gasteiger partial charge in [0.2, 0.25) is 0 Å². The average Bonchev–Trinajstić information content (AvgIpc) is 2.27. The van der Waals surface area contributed by atoms with Crippen LogP contribution in [0.25, 0.3) is 0 Å². The molecule has 1 aromatic rings. The topological polar surface area (TPSA) is 3.24 Å². The molecule has 1 aliphatic heterocycles. The molecule has 0 bridgehead atoms. The van der Waals surface area contributed by atoms with Crippen LogP contribution in [0.2, 0.25) is 0 Å². The van der Waals surface area contributed by atoms with Gasteiger partial charge in [0, 0.05) is 24.1 Å². The summed E-state index contributed by atoms with van der Waals surface area (Å²) in [6.45, 7) is 7.13. The van der Waals surface area contributed by atoms with E-state index in [0.717, 1.165) is 17.2 Å². The van der Waals surface area contributed by atoms with Crippen LogP contribution in [-0.2, 0) is 5.33 Å². The van der Waals surface area contributed by atoms with Gasteiger partial charge in [-0.3, -0.25) is 0 Å². The zero-order valence-electron chi connectivity index (χ0n) is 10.1. The van der Waals surface area contributed by atoms with Gasteiger partial charge in [-0.05, 0) is 29.9 Å². The summed E-state index contributed by atoms with van der Waals surface area (Å²) in [6, 6.07) is 8.73. The van der Waals surface area contributed by atoms with Gasteiger partial charge in [-0.2, -0.15) is 0 Å². The summed E-state index contributed by atoms with van der Waals surface area (Å²) in [5, 5.41) is 0.947. The number of nitrogens with zero attached hydrogens (tertiary/aromatic N) is 1. The second kappa shape index (κ2) is 5.22. The minimum Gasteiger partial charge on any atom is -0.371 e. The van der Waals surface area contributed by atoms with E-state index in [4.69, 9.17) is 0 Å². The summed E-state index contributed by atoms with van der Waals surface area (Å²) >= 11 is 3.58. The molecule has 1 heterocycles. The first-order chi connectivity index (χ1) is 7.70. The fourth-order valence-electron chi connectivity index (χ4n) is 2.79. The summed E-state index contributed by atoms with van der Waals surface area (Å²) in [5.74, 6) is 1.62. The lowest BCUT2D eigenvalue weighted by Gasteiger charge is -2.37. The second-order valence-electron chi connectivity index (χ2n) is 5.11. The molecule has 1 aromatic carbocycles. The molecule has 0 N–H and O–H groups in total. The van der Waals surface area contributed by atoms with E-state index in [1.54, 1.807) is 0 Å². The molecule has 0 aromatic heterocycles. The highest BCUT2D eigenvalue weighted by molar-refractivity contribution is 9.08. The van der Waals surface area contributed by atoms with Crippen LogP contribution in [0, 0.1) is 11.8 Å². The van der Waals surface area contributed by atoms with E-state index in [0.29, 0.717) is 0 Å². The predicted octanol–water partition coefficient (Wildman–Crippen LogP) is 4.06. The van der Waals surface area contributed by atoms with E-state index < -0.39 is 0 Å². The number of hydrogen-bond acceptors (Lipinski definition) is 1. The molecule has 0 radical (unpaired) electrons. The van der Waals surface area contributed by atoms with Gasteiger partial charge in [0.05, 0.1) is 0 Å². The standard InChI is InChI=1S/C14H20BrN/c1-11-7-12(2)10-16(9-11)14-6-4-3-5-13(14)8-15/h3-6,11-12H,7-10H2,1-2H3. The molecule has 0 amide bonds. The van der Waals surface area contributed by atoms with Crippen LogP contribution >= 0.6 is 15.9 Å². The van der Waals surface area contributed by atoms with Gasteiger partial charge < -0.3 is 4.90 Å². The number of rotatable bonds is 2. The van der Waals surface area contributed by atoms with E-state index in [1.165, 1.54) is 30.8 Å². The molecular formula is C14H20BrN. The van der Waals surface area contributed by atoms with Crippen molar-refractivity contribution < 1.29 is 0 Å². The SMILES string of the molecule is CC1CC(C)CN(c2ccccc2CBr)C1. The Balaban J connectivity index is 2.22. The Labute approximate surface area is 107 Å². The molecule has 1 saturated heterocycles. The van der Waals surface area contributed by atoms with E-state index in [1.807, 2.05) is 0 Å². The van der Waals surface area contributed by atoms with E-state index in [9.17, 15) is 0 Å². The minimum absolute atomic E-state index is 0.812. The monoisotopic (exact) mass is 281 g/mol. The van der Waals surface area contributed by atoms with Crippen molar-refractivity contribution in [3.8, 4) is 0 Å². The molecule has 1 fully saturated rings. The Kier molecular flexibility index (Phi) is 3.91. The van der Waals surface area contributed by atoms with Gasteiger partial charge >= 0.3 is 0 Å². The number of alkyl halides is 1. The van der Waals surface area contributed by atoms with Crippen LogP contribution < -0.4 is 4.90 Å². The van der Waals surface area contributed by atoms with Crippen LogP contribution in [0.5, 0.6) is 0 Å². The quantitative estimate of drug-likeness (QED) is 0.739. The third-order valence-corrected chi connectivity index (χ3v) is 3.95. The van der Waals surface area contributed by atoms with Crippen LogP contribution in [0.15, 0.2) is 24.3 Å². The van der Waals surface area contributed by atoms with Crippen molar-refractivity contribution in [3.63, 3.8) is 0 Å². The molecule has 0 saturated carbocycles. The largest absolute Gasteiger partial charge is 0.371 e. The molecule has 2 rings (SSSR count). The van der Waals surface area contributed by atoms with Crippen molar-refractivity contribution in [1.82, 2.24) is 0 Å². The highest BCUT2D eigenvalue weighted by Crippen LogP contribution is 2.29. The Morgan fingerprint density at radius 3 is 2.44 bits per heavy atom. The van der Waals surface area contributed by atoms with Gasteiger partial charge in [-0.15, -0.1) is 0 Å². The Bertz CT molecular complexity index is 340.